The van der Waals surface area contributed by atoms with E-state index in [1.807, 2.05) is 25.1 Å². The van der Waals surface area contributed by atoms with Gasteiger partial charge in [0.1, 0.15) is 0 Å². The van der Waals surface area contributed by atoms with Crippen LogP contribution in [-0.4, -0.2) is 30.9 Å². The first-order valence-corrected chi connectivity index (χ1v) is 7.11. The van der Waals surface area contributed by atoms with Crippen molar-refractivity contribution in [3.8, 4) is 0 Å². The second-order valence-corrected chi connectivity index (χ2v) is 5.91. The predicted molar refractivity (Wildman–Crippen MR) is 77.7 cm³/mol. The molecule has 0 spiro atoms. The van der Waals surface area contributed by atoms with Gasteiger partial charge in [0.25, 0.3) is 0 Å². The molecule has 0 radical (unpaired) electrons. The first kappa shape index (κ1) is 13.6. The van der Waals surface area contributed by atoms with E-state index in [1.54, 1.807) is 0 Å². The normalized spacial score (nSPS) is 20.7. The number of hydrogen-bond donors (Lipinski definition) is 1. The number of nitrogens with one attached hydrogen (secondary N) is 1. The number of carbonyl (C=O) groups excluding carboxylic acids is 1. The van der Waals surface area contributed by atoms with Gasteiger partial charge in [-0.3, -0.25) is 4.79 Å². The number of rotatable bonds is 2. The van der Waals surface area contributed by atoms with Crippen LogP contribution < -0.4 is 5.32 Å². The predicted octanol–water partition coefficient (Wildman–Crippen LogP) is 3.04. The first-order chi connectivity index (χ1) is 8.56. The van der Waals surface area contributed by atoms with Gasteiger partial charge in [0.2, 0.25) is 5.91 Å². The van der Waals surface area contributed by atoms with Crippen LogP contribution in [-0.2, 0) is 4.79 Å². The summed E-state index contributed by atoms with van der Waals surface area (Å²) in [5, 5.41) is 3.00. The van der Waals surface area contributed by atoms with Crippen molar-refractivity contribution in [2.45, 2.75) is 19.8 Å². The lowest BCUT2D eigenvalue weighted by Gasteiger charge is -2.28. The second kappa shape index (κ2) is 5.85. The van der Waals surface area contributed by atoms with E-state index in [-0.39, 0.29) is 11.8 Å². The van der Waals surface area contributed by atoms with Gasteiger partial charge < -0.3 is 10.2 Å². The number of nitrogens with zero attached hydrogens (tertiary/aromatic N) is 1. The fourth-order valence-electron chi connectivity index (χ4n) is 2.30. The average molecular weight is 311 g/mol. The molecular formula is C14H19BrN2O. The molecular weight excluding hydrogens is 292 g/mol. The molecule has 1 amide bonds. The Morgan fingerprint density at radius 1 is 1.50 bits per heavy atom. The zero-order valence-electron chi connectivity index (χ0n) is 10.9. The van der Waals surface area contributed by atoms with Gasteiger partial charge in [-0.05, 0) is 51.1 Å². The first-order valence-electron chi connectivity index (χ1n) is 6.32. The number of amides is 1. The van der Waals surface area contributed by atoms with Crippen molar-refractivity contribution in [1.82, 2.24) is 4.90 Å². The molecule has 1 unspecified atom stereocenters. The minimum Gasteiger partial charge on any atom is -0.326 e. The molecule has 1 heterocycles. The van der Waals surface area contributed by atoms with Gasteiger partial charge in [-0.15, -0.1) is 0 Å². The quantitative estimate of drug-likeness (QED) is 0.910. The summed E-state index contributed by atoms with van der Waals surface area (Å²) in [4.78, 5) is 14.4. The highest BCUT2D eigenvalue weighted by atomic mass is 79.9. The molecule has 1 atom stereocenters. The summed E-state index contributed by atoms with van der Waals surface area (Å²) >= 11 is 3.48. The third-order valence-corrected chi connectivity index (χ3v) is 4.29. The Morgan fingerprint density at radius 3 is 2.94 bits per heavy atom. The van der Waals surface area contributed by atoms with Crippen molar-refractivity contribution in [2.75, 3.05) is 25.5 Å². The molecule has 1 saturated heterocycles. The standard InChI is InChI=1S/C14H19BrN2O/c1-10-5-6-12(8-13(10)15)16-14(18)11-4-3-7-17(2)9-11/h5-6,8,11H,3-4,7,9H2,1-2H3,(H,16,18). The molecule has 4 heteroatoms. The van der Waals surface area contributed by atoms with Crippen molar-refractivity contribution in [2.24, 2.45) is 5.92 Å². The number of likely N-dealkylation sites (tertiary alicyclic amines) is 1. The van der Waals surface area contributed by atoms with Gasteiger partial charge >= 0.3 is 0 Å². The fraction of sp³-hybridized carbons (Fsp3) is 0.500. The lowest BCUT2D eigenvalue weighted by Crippen LogP contribution is -2.38. The maximum atomic E-state index is 12.2. The Labute approximate surface area is 117 Å². The number of anilines is 1. The molecule has 1 fully saturated rings. The summed E-state index contributed by atoms with van der Waals surface area (Å²) in [6.45, 7) is 3.99. The maximum absolute atomic E-state index is 12.2. The van der Waals surface area contributed by atoms with Gasteiger partial charge in [0.15, 0.2) is 0 Å². The number of halogens is 1. The molecule has 1 aromatic carbocycles. The van der Waals surface area contributed by atoms with Crippen molar-refractivity contribution in [3.63, 3.8) is 0 Å². The minimum atomic E-state index is 0.115. The fourth-order valence-corrected chi connectivity index (χ4v) is 2.67. The van der Waals surface area contributed by atoms with Gasteiger partial charge in [0.05, 0.1) is 5.92 Å². The average Bonchev–Trinajstić information content (AvgIpc) is 2.34. The number of carbonyl (C=O) groups is 1. The van der Waals surface area contributed by atoms with E-state index in [9.17, 15) is 4.79 Å². The Hall–Kier alpha value is -0.870. The van der Waals surface area contributed by atoms with Crippen LogP contribution >= 0.6 is 15.9 Å². The zero-order valence-corrected chi connectivity index (χ0v) is 12.5. The van der Waals surface area contributed by atoms with Crippen LogP contribution in [0.3, 0.4) is 0 Å². The third-order valence-electron chi connectivity index (χ3n) is 3.43. The minimum absolute atomic E-state index is 0.115. The molecule has 98 valence electrons. The summed E-state index contributed by atoms with van der Waals surface area (Å²) in [5.41, 5.74) is 2.04. The van der Waals surface area contributed by atoms with Crippen LogP contribution in [0.5, 0.6) is 0 Å². The maximum Gasteiger partial charge on any atom is 0.228 e. The van der Waals surface area contributed by atoms with E-state index in [0.29, 0.717) is 0 Å². The van der Waals surface area contributed by atoms with E-state index < -0.39 is 0 Å². The smallest absolute Gasteiger partial charge is 0.228 e. The Morgan fingerprint density at radius 2 is 2.28 bits per heavy atom. The highest BCUT2D eigenvalue weighted by molar-refractivity contribution is 9.10. The van der Waals surface area contributed by atoms with Crippen molar-refractivity contribution in [1.29, 1.82) is 0 Å². The van der Waals surface area contributed by atoms with Crippen molar-refractivity contribution < 1.29 is 4.79 Å². The Balaban J connectivity index is 2.00. The van der Waals surface area contributed by atoms with E-state index in [1.165, 1.54) is 5.56 Å². The van der Waals surface area contributed by atoms with Gasteiger partial charge in [-0.2, -0.15) is 0 Å². The van der Waals surface area contributed by atoms with E-state index in [2.05, 4.69) is 33.2 Å². The molecule has 0 aromatic heterocycles. The summed E-state index contributed by atoms with van der Waals surface area (Å²) < 4.78 is 1.03. The van der Waals surface area contributed by atoms with E-state index >= 15 is 0 Å². The number of aryl methyl sites for hydroxylation is 1. The molecule has 1 N–H and O–H groups in total. The molecule has 1 aromatic rings. The van der Waals surface area contributed by atoms with Gasteiger partial charge in [-0.1, -0.05) is 22.0 Å². The number of hydrogen-bond acceptors (Lipinski definition) is 2. The molecule has 3 nitrogen and oxygen atoms in total. The zero-order chi connectivity index (χ0) is 13.1. The van der Waals surface area contributed by atoms with Crippen molar-refractivity contribution in [3.05, 3.63) is 28.2 Å². The van der Waals surface area contributed by atoms with Crippen LogP contribution in [0.25, 0.3) is 0 Å². The van der Waals surface area contributed by atoms with Crippen LogP contribution in [0.2, 0.25) is 0 Å². The van der Waals surface area contributed by atoms with Crippen LogP contribution in [0.15, 0.2) is 22.7 Å². The second-order valence-electron chi connectivity index (χ2n) is 5.05. The lowest BCUT2D eigenvalue weighted by molar-refractivity contribution is -0.121. The summed E-state index contributed by atoms with van der Waals surface area (Å²) in [6, 6.07) is 5.91. The molecule has 0 saturated carbocycles. The number of benzene rings is 1. The van der Waals surface area contributed by atoms with Gasteiger partial charge in [-0.25, -0.2) is 0 Å². The van der Waals surface area contributed by atoms with Crippen LogP contribution in [0, 0.1) is 12.8 Å². The van der Waals surface area contributed by atoms with E-state index in [0.717, 1.165) is 36.1 Å². The molecule has 0 bridgehead atoms. The summed E-state index contributed by atoms with van der Waals surface area (Å²) in [5.74, 6) is 0.251. The highest BCUT2D eigenvalue weighted by Gasteiger charge is 2.23. The largest absolute Gasteiger partial charge is 0.326 e. The van der Waals surface area contributed by atoms with E-state index in [4.69, 9.17) is 0 Å². The van der Waals surface area contributed by atoms with Gasteiger partial charge in [0, 0.05) is 16.7 Å². The lowest BCUT2D eigenvalue weighted by atomic mass is 9.97. The monoisotopic (exact) mass is 310 g/mol. The Bertz CT molecular complexity index is 447. The number of piperidine rings is 1. The topological polar surface area (TPSA) is 32.3 Å². The molecule has 1 aliphatic heterocycles. The van der Waals surface area contributed by atoms with Crippen molar-refractivity contribution >= 4 is 27.5 Å². The molecule has 18 heavy (non-hydrogen) atoms. The molecule has 2 rings (SSSR count). The molecule has 1 aliphatic rings. The third kappa shape index (κ3) is 3.33. The SMILES string of the molecule is Cc1ccc(NC(=O)C2CCCN(C)C2)cc1Br. The van der Waals surface area contributed by atoms with Crippen LogP contribution in [0.4, 0.5) is 5.69 Å². The highest BCUT2D eigenvalue weighted by Crippen LogP contribution is 2.22. The summed E-state index contributed by atoms with van der Waals surface area (Å²) in [7, 11) is 2.07. The molecule has 0 aliphatic carbocycles. The Kier molecular flexibility index (Phi) is 4.40. The summed E-state index contributed by atoms with van der Waals surface area (Å²) in [6.07, 6.45) is 2.09. The van der Waals surface area contributed by atoms with Crippen LogP contribution in [0.1, 0.15) is 18.4 Å².